The van der Waals surface area contributed by atoms with E-state index in [0.29, 0.717) is 18.0 Å². The quantitative estimate of drug-likeness (QED) is 0.933. The highest BCUT2D eigenvalue weighted by molar-refractivity contribution is 6.30. The molecule has 1 atom stereocenters. The van der Waals surface area contributed by atoms with E-state index in [9.17, 15) is 14.7 Å². The van der Waals surface area contributed by atoms with Crippen molar-refractivity contribution in [3.8, 4) is 0 Å². The first kappa shape index (κ1) is 14.9. The summed E-state index contributed by atoms with van der Waals surface area (Å²) in [6.07, 6.45) is 2.41. The molecule has 1 fully saturated rings. The predicted molar refractivity (Wildman–Crippen MR) is 76.8 cm³/mol. The number of nitrogens with zero attached hydrogens (tertiary/aromatic N) is 1. The van der Waals surface area contributed by atoms with Crippen LogP contribution in [-0.2, 0) is 16.0 Å². The van der Waals surface area contributed by atoms with E-state index in [4.69, 9.17) is 11.6 Å². The van der Waals surface area contributed by atoms with Crippen LogP contribution in [-0.4, -0.2) is 34.0 Å². The van der Waals surface area contributed by atoms with Gasteiger partial charge in [-0.2, -0.15) is 0 Å². The first-order chi connectivity index (χ1) is 9.43. The van der Waals surface area contributed by atoms with Crippen molar-refractivity contribution in [2.24, 2.45) is 0 Å². The molecule has 0 spiro atoms. The van der Waals surface area contributed by atoms with Gasteiger partial charge in [0.25, 0.3) is 0 Å². The molecule has 0 saturated carbocycles. The molecule has 5 heteroatoms. The Labute approximate surface area is 123 Å². The molecule has 1 unspecified atom stereocenters. The van der Waals surface area contributed by atoms with E-state index >= 15 is 0 Å². The molecule has 1 aliphatic heterocycles. The van der Waals surface area contributed by atoms with Crippen LogP contribution in [0, 0.1) is 0 Å². The number of carboxylic acids is 1. The molecule has 1 aromatic rings. The van der Waals surface area contributed by atoms with E-state index in [-0.39, 0.29) is 12.3 Å². The number of likely N-dealkylation sites (tertiary alicyclic amines) is 1. The fourth-order valence-electron chi connectivity index (χ4n) is 2.62. The third-order valence-corrected chi connectivity index (χ3v) is 4.17. The van der Waals surface area contributed by atoms with Crippen molar-refractivity contribution in [2.45, 2.75) is 38.1 Å². The van der Waals surface area contributed by atoms with E-state index in [1.54, 1.807) is 31.2 Å². The highest BCUT2D eigenvalue weighted by Gasteiger charge is 2.43. The number of aliphatic carboxylic acids is 1. The first-order valence-corrected chi connectivity index (χ1v) is 7.09. The number of hydrogen-bond donors (Lipinski definition) is 1. The number of amides is 1. The highest BCUT2D eigenvalue weighted by Crippen LogP contribution is 2.29. The number of rotatable bonds is 3. The van der Waals surface area contributed by atoms with Crippen LogP contribution in [0.3, 0.4) is 0 Å². The number of carbonyl (C=O) groups excluding carboxylic acids is 1. The van der Waals surface area contributed by atoms with Gasteiger partial charge in [-0.05, 0) is 43.9 Å². The summed E-state index contributed by atoms with van der Waals surface area (Å²) in [6.45, 7) is 2.14. The second-order valence-corrected chi connectivity index (χ2v) is 5.82. The van der Waals surface area contributed by atoms with Gasteiger partial charge in [-0.3, -0.25) is 4.79 Å². The van der Waals surface area contributed by atoms with Gasteiger partial charge < -0.3 is 10.0 Å². The van der Waals surface area contributed by atoms with Gasteiger partial charge in [0.05, 0.1) is 6.42 Å². The zero-order valence-corrected chi connectivity index (χ0v) is 12.2. The van der Waals surface area contributed by atoms with Crippen molar-refractivity contribution in [3.05, 3.63) is 34.9 Å². The van der Waals surface area contributed by atoms with Crippen molar-refractivity contribution in [3.63, 3.8) is 0 Å². The average molecular weight is 296 g/mol. The van der Waals surface area contributed by atoms with Gasteiger partial charge in [-0.15, -0.1) is 0 Å². The van der Waals surface area contributed by atoms with Crippen LogP contribution in [0.4, 0.5) is 0 Å². The predicted octanol–water partition coefficient (Wildman–Crippen LogP) is 2.74. The zero-order valence-electron chi connectivity index (χ0n) is 11.4. The Morgan fingerprint density at radius 3 is 2.55 bits per heavy atom. The van der Waals surface area contributed by atoms with E-state index in [1.165, 1.54) is 4.90 Å². The lowest BCUT2D eigenvalue weighted by molar-refractivity contribution is -0.160. The molecule has 0 aliphatic carbocycles. The number of benzene rings is 1. The van der Waals surface area contributed by atoms with Crippen LogP contribution in [0.1, 0.15) is 31.7 Å². The van der Waals surface area contributed by atoms with Gasteiger partial charge in [-0.25, -0.2) is 4.79 Å². The maximum Gasteiger partial charge on any atom is 0.329 e. The lowest BCUT2D eigenvalue weighted by atomic mass is 9.88. The zero-order chi connectivity index (χ0) is 14.8. The fraction of sp³-hybridized carbons (Fsp3) is 0.467. The molecule has 0 bridgehead atoms. The summed E-state index contributed by atoms with van der Waals surface area (Å²) < 4.78 is 0. The molecule has 0 aromatic heterocycles. The molecule has 1 heterocycles. The van der Waals surface area contributed by atoms with E-state index in [0.717, 1.165) is 18.4 Å². The van der Waals surface area contributed by atoms with Crippen LogP contribution in [0.25, 0.3) is 0 Å². The van der Waals surface area contributed by atoms with E-state index in [1.807, 2.05) is 0 Å². The van der Waals surface area contributed by atoms with Gasteiger partial charge in [0.2, 0.25) is 5.91 Å². The molecule has 1 amide bonds. The Morgan fingerprint density at radius 1 is 1.30 bits per heavy atom. The monoisotopic (exact) mass is 295 g/mol. The van der Waals surface area contributed by atoms with Gasteiger partial charge in [-0.1, -0.05) is 23.7 Å². The lowest BCUT2D eigenvalue weighted by Crippen LogP contribution is -2.57. The third-order valence-electron chi connectivity index (χ3n) is 3.92. The fourth-order valence-corrected chi connectivity index (χ4v) is 2.74. The third kappa shape index (κ3) is 2.96. The smallest absolute Gasteiger partial charge is 0.329 e. The summed E-state index contributed by atoms with van der Waals surface area (Å²) >= 11 is 5.81. The minimum atomic E-state index is -1.08. The van der Waals surface area contributed by atoms with Crippen LogP contribution in [0.2, 0.25) is 5.02 Å². The number of hydrogen-bond acceptors (Lipinski definition) is 2. The Bertz CT molecular complexity index is 514. The summed E-state index contributed by atoms with van der Waals surface area (Å²) in [5.74, 6) is -1.07. The molecule has 20 heavy (non-hydrogen) atoms. The van der Waals surface area contributed by atoms with Crippen molar-refractivity contribution in [2.75, 3.05) is 6.54 Å². The number of halogens is 1. The Balaban J connectivity index is 2.14. The molecule has 2 rings (SSSR count). The van der Waals surface area contributed by atoms with E-state index < -0.39 is 11.5 Å². The summed E-state index contributed by atoms with van der Waals surface area (Å²) in [5.41, 5.74) is -0.236. The van der Waals surface area contributed by atoms with Crippen molar-refractivity contribution >= 4 is 23.5 Å². The summed E-state index contributed by atoms with van der Waals surface area (Å²) in [6, 6.07) is 7.05. The van der Waals surface area contributed by atoms with Crippen molar-refractivity contribution < 1.29 is 14.7 Å². The number of piperidine rings is 1. The Morgan fingerprint density at radius 2 is 1.95 bits per heavy atom. The topological polar surface area (TPSA) is 57.6 Å². The SMILES string of the molecule is CC1(C(=O)O)CCCCN1C(=O)Cc1ccc(Cl)cc1. The molecule has 1 aliphatic rings. The molecule has 108 valence electrons. The minimum absolute atomic E-state index is 0.142. The van der Waals surface area contributed by atoms with E-state index in [2.05, 4.69) is 0 Å². The standard InChI is InChI=1S/C15H18ClNO3/c1-15(14(19)20)8-2-3-9-17(15)13(18)10-11-4-6-12(16)7-5-11/h4-7H,2-3,8-10H2,1H3,(H,19,20). The largest absolute Gasteiger partial charge is 0.480 e. The van der Waals surface area contributed by atoms with Gasteiger partial charge >= 0.3 is 5.97 Å². The lowest BCUT2D eigenvalue weighted by Gasteiger charge is -2.41. The maximum absolute atomic E-state index is 12.4. The second kappa shape index (κ2) is 5.83. The van der Waals surface area contributed by atoms with Crippen LogP contribution in [0.15, 0.2) is 24.3 Å². The Hall–Kier alpha value is -1.55. The molecular formula is C15H18ClNO3. The first-order valence-electron chi connectivity index (χ1n) is 6.72. The molecule has 4 nitrogen and oxygen atoms in total. The average Bonchev–Trinajstić information content (AvgIpc) is 2.41. The maximum atomic E-state index is 12.4. The van der Waals surface area contributed by atoms with Gasteiger partial charge in [0, 0.05) is 11.6 Å². The number of carbonyl (C=O) groups is 2. The van der Waals surface area contributed by atoms with Crippen LogP contribution < -0.4 is 0 Å². The van der Waals surface area contributed by atoms with Crippen molar-refractivity contribution in [1.82, 2.24) is 4.90 Å². The second-order valence-electron chi connectivity index (χ2n) is 5.38. The van der Waals surface area contributed by atoms with Crippen LogP contribution >= 0.6 is 11.6 Å². The van der Waals surface area contributed by atoms with Crippen LogP contribution in [0.5, 0.6) is 0 Å². The summed E-state index contributed by atoms with van der Waals surface area (Å²) in [7, 11) is 0. The molecule has 1 N–H and O–H groups in total. The van der Waals surface area contributed by atoms with Gasteiger partial charge in [0.1, 0.15) is 5.54 Å². The molecule has 0 radical (unpaired) electrons. The van der Waals surface area contributed by atoms with Crippen molar-refractivity contribution in [1.29, 1.82) is 0 Å². The normalized spacial score (nSPS) is 22.6. The minimum Gasteiger partial charge on any atom is -0.480 e. The molecule has 1 aromatic carbocycles. The highest BCUT2D eigenvalue weighted by atomic mass is 35.5. The van der Waals surface area contributed by atoms with Gasteiger partial charge in [0.15, 0.2) is 0 Å². The molecule has 1 saturated heterocycles. The number of carboxylic acid groups (broad SMARTS) is 1. The molecular weight excluding hydrogens is 278 g/mol. The summed E-state index contributed by atoms with van der Waals surface area (Å²) in [5, 5.41) is 10.0. The summed E-state index contributed by atoms with van der Waals surface area (Å²) in [4.78, 5) is 25.4. The Kier molecular flexibility index (Phi) is 4.33.